The molecule has 10 heteroatoms. The van der Waals surface area contributed by atoms with Gasteiger partial charge in [-0.1, -0.05) is 25.5 Å². The Balaban J connectivity index is 1.94. The van der Waals surface area contributed by atoms with E-state index in [1.165, 1.54) is 23.4 Å². The number of carbonyl (C=O) groups excluding carboxylic acids is 2. The molecule has 0 spiro atoms. The van der Waals surface area contributed by atoms with Crippen LogP contribution in [0.5, 0.6) is 0 Å². The van der Waals surface area contributed by atoms with Crippen LogP contribution in [0.2, 0.25) is 0 Å². The van der Waals surface area contributed by atoms with Crippen LogP contribution in [0.4, 0.5) is 5.69 Å². The van der Waals surface area contributed by atoms with Crippen molar-refractivity contribution in [3.8, 4) is 0 Å². The van der Waals surface area contributed by atoms with Gasteiger partial charge in [0.15, 0.2) is 0 Å². The zero-order chi connectivity index (χ0) is 24.8. The molecular formula is C24H28N4O5S. The molecule has 0 aliphatic heterocycles. The number of para-hydroxylation sites is 1. The smallest absolute Gasteiger partial charge is 0.340 e. The van der Waals surface area contributed by atoms with Gasteiger partial charge in [-0.15, -0.1) is 11.8 Å². The Morgan fingerprint density at radius 1 is 1.12 bits per heavy atom. The maximum absolute atomic E-state index is 13.0. The maximum Gasteiger partial charge on any atom is 0.340 e. The summed E-state index contributed by atoms with van der Waals surface area (Å²) in [5, 5.41) is 3.08. The van der Waals surface area contributed by atoms with Crippen LogP contribution in [0.25, 0.3) is 11.0 Å². The molecule has 0 aliphatic carbocycles. The van der Waals surface area contributed by atoms with Crippen LogP contribution in [-0.4, -0.2) is 38.4 Å². The Bertz CT molecular complexity index is 1350. The molecule has 2 heterocycles. The van der Waals surface area contributed by atoms with Gasteiger partial charge in [-0.2, -0.15) is 0 Å². The van der Waals surface area contributed by atoms with Crippen molar-refractivity contribution in [2.45, 2.75) is 38.0 Å². The topological polar surface area (TPSA) is 112 Å². The van der Waals surface area contributed by atoms with Crippen LogP contribution in [0.15, 0.2) is 44.9 Å². The van der Waals surface area contributed by atoms with Crippen molar-refractivity contribution in [2.75, 3.05) is 17.7 Å². The first kappa shape index (κ1) is 25.2. The second-order valence-electron chi connectivity index (χ2n) is 7.72. The molecule has 0 atom stereocenters. The fourth-order valence-corrected chi connectivity index (χ4v) is 4.57. The van der Waals surface area contributed by atoms with Gasteiger partial charge in [0.2, 0.25) is 5.91 Å². The van der Waals surface area contributed by atoms with E-state index in [1.54, 1.807) is 44.4 Å². The number of carbonyl (C=O) groups is 2. The van der Waals surface area contributed by atoms with Gasteiger partial charge in [-0.3, -0.25) is 18.7 Å². The fraction of sp³-hybridized carbons (Fsp3) is 0.375. The number of aryl methyl sites for hydroxylation is 2. The zero-order valence-corrected chi connectivity index (χ0v) is 20.5. The summed E-state index contributed by atoms with van der Waals surface area (Å²) >= 11 is 1.22. The van der Waals surface area contributed by atoms with E-state index in [9.17, 15) is 19.2 Å². The Morgan fingerprint density at radius 3 is 2.56 bits per heavy atom. The summed E-state index contributed by atoms with van der Waals surface area (Å²) in [5.41, 5.74) is 0.856. The van der Waals surface area contributed by atoms with E-state index >= 15 is 0 Å². The maximum atomic E-state index is 13.0. The Hall–Kier alpha value is -3.40. The monoisotopic (exact) mass is 484 g/mol. The van der Waals surface area contributed by atoms with Gasteiger partial charge >= 0.3 is 11.7 Å². The molecule has 0 saturated heterocycles. The summed E-state index contributed by atoms with van der Waals surface area (Å²) in [6.45, 7) is 4.01. The highest BCUT2D eigenvalue weighted by molar-refractivity contribution is 8.00. The average Bonchev–Trinajstić information content (AvgIpc) is 2.83. The lowest BCUT2D eigenvalue weighted by Gasteiger charge is -2.15. The minimum atomic E-state index is -0.516. The Kier molecular flexibility index (Phi) is 8.27. The van der Waals surface area contributed by atoms with Gasteiger partial charge < -0.3 is 10.1 Å². The minimum Gasteiger partial charge on any atom is -0.462 e. The van der Waals surface area contributed by atoms with Crippen molar-refractivity contribution in [1.29, 1.82) is 0 Å². The standard InChI is InChI=1S/C24H28N4O5S/c1-5-7-10-15-13-25-21-19(22(30)28(4)24(32)27(21)3)20(15)34-14-18(29)26-17-12-9-8-11-16(17)23(31)33-6-2/h8-9,11-13H,5-7,10,14H2,1-4H3,(H,26,29). The van der Waals surface area contributed by atoms with Gasteiger partial charge in [-0.05, 0) is 37.5 Å². The third-order valence-corrected chi connectivity index (χ3v) is 6.50. The highest BCUT2D eigenvalue weighted by atomic mass is 32.2. The molecule has 3 aromatic rings. The number of nitrogens with zero attached hydrogens (tertiary/aromatic N) is 3. The number of hydrogen-bond acceptors (Lipinski definition) is 7. The predicted molar refractivity (Wildman–Crippen MR) is 133 cm³/mol. The minimum absolute atomic E-state index is 0.00138. The van der Waals surface area contributed by atoms with E-state index in [-0.39, 0.29) is 29.5 Å². The average molecular weight is 485 g/mol. The van der Waals surface area contributed by atoms with Crippen LogP contribution in [0.3, 0.4) is 0 Å². The molecule has 9 nitrogen and oxygen atoms in total. The molecule has 0 unspecified atom stereocenters. The number of esters is 1. The SMILES string of the molecule is CCCCc1cnc2c(c1SCC(=O)Nc1ccccc1C(=O)OCC)c(=O)n(C)c(=O)n2C. The summed E-state index contributed by atoms with van der Waals surface area (Å²) in [6.07, 6.45) is 4.22. The number of thioether (sulfide) groups is 1. The van der Waals surface area contributed by atoms with Gasteiger partial charge in [0.25, 0.3) is 5.56 Å². The fourth-order valence-electron chi connectivity index (χ4n) is 3.55. The van der Waals surface area contributed by atoms with E-state index in [0.29, 0.717) is 22.4 Å². The number of anilines is 1. The molecule has 180 valence electrons. The van der Waals surface area contributed by atoms with Crippen LogP contribution in [-0.2, 0) is 30.0 Å². The molecule has 0 radical (unpaired) electrons. The number of aromatic nitrogens is 3. The normalized spacial score (nSPS) is 10.9. The first-order valence-corrected chi connectivity index (χ1v) is 12.0. The van der Waals surface area contributed by atoms with Gasteiger partial charge in [0, 0.05) is 25.2 Å². The predicted octanol–water partition coefficient (Wildman–Crippen LogP) is 2.88. The number of ether oxygens (including phenoxy) is 1. The lowest BCUT2D eigenvalue weighted by Crippen LogP contribution is -2.37. The zero-order valence-electron chi connectivity index (χ0n) is 19.7. The highest BCUT2D eigenvalue weighted by Crippen LogP contribution is 2.29. The highest BCUT2D eigenvalue weighted by Gasteiger charge is 2.19. The van der Waals surface area contributed by atoms with Crippen molar-refractivity contribution in [3.05, 3.63) is 62.4 Å². The first-order valence-electron chi connectivity index (χ1n) is 11.1. The second-order valence-corrected chi connectivity index (χ2v) is 8.71. The Labute approximate surface area is 201 Å². The van der Waals surface area contributed by atoms with E-state index in [4.69, 9.17) is 4.74 Å². The number of benzene rings is 1. The third kappa shape index (κ3) is 5.22. The van der Waals surface area contributed by atoms with E-state index in [1.807, 2.05) is 0 Å². The number of pyridine rings is 1. The van der Waals surface area contributed by atoms with Crippen LogP contribution in [0.1, 0.15) is 42.6 Å². The summed E-state index contributed by atoms with van der Waals surface area (Å²) < 4.78 is 7.44. The summed E-state index contributed by atoms with van der Waals surface area (Å²) in [4.78, 5) is 55.4. The lowest BCUT2D eigenvalue weighted by atomic mass is 10.1. The molecule has 0 saturated carbocycles. The molecule has 0 bridgehead atoms. The molecule has 2 aromatic heterocycles. The van der Waals surface area contributed by atoms with E-state index in [2.05, 4.69) is 17.2 Å². The molecule has 1 aromatic carbocycles. The number of nitrogens with one attached hydrogen (secondary N) is 1. The van der Waals surface area contributed by atoms with Crippen molar-refractivity contribution >= 4 is 40.4 Å². The van der Waals surface area contributed by atoms with Gasteiger partial charge in [0.05, 0.1) is 29.0 Å². The Morgan fingerprint density at radius 2 is 1.85 bits per heavy atom. The van der Waals surface area contributed by atoms with Crippen molar-refractivity contribution < 1.29 is 14.3 Å². The molecule has 0 fully saturated rings. The van der Waals surface area contributed by atoms with Crippen LogP contribution in [0, 0.1) is 0 Å². The van der Waals surface area contributed by atoms with Crippen LogP contribution < -0.4 is 16.6 Å². The number of fused-ring (bicyclic) bond motifs is 1. The molecule has 3 rings (SSSR count). The number of amides is 1. The van der Waals surface area contributed by atoms with Crippen molar-refractivity contribution in [2.24, 2.45) is 14.1 Å². The van der Waals surface area contributed by atoms with Crippen molar-refractivity contribution in [1.82, 2.24) is 14.1 Å². The number of hydrogen-bond donors (Lipinski definition) is 1. The molecule has 0 aliphatic rings. The quantitative estimate of drug-likeness (QED) is 0.367. The second kappa shape index (κ2) is 11.1. The van der Waals surface area contributed by atoms with Crippen molar-refractivity contribution in [3.63, 3.8) is 0 Å². The van der Waals surface area contributed by atoms with E-state index in [0.717, 1.165) is 23.0 Å². The molecular weight excluding hydrogens is 456 g/mol. The third-order valence-electron chi connectivity index (χ3n) is 5.34. The lowest BCUT2D eigenvalue weighted by molar-refractivity contribution is -0.113. The molecule has 1 amide bonds. The molecule has 34 heavy (non-hydrogen) atoms. The molecule has 1 N–H and O–H groups in total. The summed E-state index contributed by atoms with van der Waals surface area (Å²) in [7, 11) is 2.99. The first-order chi connectivity index (χ1) is 16.3. The van der Waals surface area contributed by atoms with E-state index < -0.39 is 17.2 Å². The summed E-state index contributed by atoms with van der Waals surface area (Å²) in [6, 6.07) is 6.63. The summed E-state index contributed by atoms with van der Waals surface area (Å²) in [5.74, 6) is -0.853. The van der Waals surface area contributed by atoms with Crippen LogP contribution >= 0.6 is 11.8 Å². The van der Waals surface area contributed by atoms with Gasteiger partial charge in [-0.25, -0.2) is 14.6 Å². The largest absolute Gasteiger partial charge is 0.462 e. The number of unbranched alkanes of at least 4 members (excludes halogenated alkanes) is 1. The number of rotatable bonds is 9. The van der Waals surface area contributed by atoms with Gasteiger partial charge in [0.1, 0.15) is 5.65 Å².